The highest BCUT2D eigenvalue weighted by Gasteiger charge is 2.33. The molecule has 2 heterocycles. The molecule has 1 aliphatic rings. The molecule has 0 saturated carbocycles. The average Bonchev–Trinajstić information content (AvgIpc) is 3.28. The number of methoxy groups -OCH3 is 2. The molecule has 3 aromatic carbocycles. The summed E-state index contributed by atoms with van der Waals surface area (Å²) in [5.41, 5.74) is 4.88. The van der Waals surface area contributed by atoms with Crippen molar-refractivity contribution in [1.82, 2.24) is 9.47 Å². The SMILES string of the molecule is COc1ccc(NC(=O)N2Cc3ccccc3-n3cccc3[C@H]2c2ccccc2)cc1OC. The summed E-state index contributed by atoms with van der Waals surface area (Å²) in [6.45, 7) is 0.469. The summed E-state index contributed by atoms with van der Waals surface area (Å²) in [4.78, 5) is 15.6. The lowest BCUT2D eigenvalue weighted by atomic mass is 10.0. The quantitative estimate of drug-likeness (QED) is 0.448. The minimum absolute atomic E-state index is 0.194. The molecule has 5 rings (SSSR count). The minimum Gasteiger partial charge on any atom is -0.493 e. The number of hydrogen-bond donors (Lipinski definition) is 1. The monoisotopic (exact) mass is 439 g/mol. The van der Waals surface area contributed by atoms with Gasteiger partial charge in [-0.25, -0.2) is 4.79 Å². The minimum atomic E-state index is -0.256. The van der Waals surface area contributed by atoms with E-state index in [2.05, 4.69) is 46.4 Å². The van der Waals surface area contributed by atoms with Crippen LogP contribution in [0.5, 0.6) is 11.5 Å². The third-order valence-electron chi connectivity index (χ3n) is 5.97. The van der Waals surface area contributed by atoms with Crippen molar-refractivity contribution in [2.24, 2.45) is 0 Å². The third-order valence-corrected chi connectivity index (χ3v) is 5.97. The lowest BCUT2D eigenvalue weighted by Crippen LogP contribution is -2.37. The molecule has 6 nitrogen and oxygen atoms in total. The van der Waals surface area contributed by atoms with Gasteiger partial charge < -0.3 is 24.3 Å². The van der Waals surface area contributed by atoms with Crippen LogP contribution in [0.1, 0.15) is 22.9 Å². The fourth-order valence-electron chi connectivity index (χ4n) is 4.43. The van der Waals surface area contributed by atoms with Gasteiger partial charge in [-0.05, 0) is 41.5 Å². The predicted octanol–water partition coefficient (Wildman–Crippen LogP) is 5.63. The molecule has 0 aliphatic carbocycles. The van der Waals surface area contributed by atoms with Gasteiger partial charge >= 0.3 is 6.03 Å². The van der Waals surface area contributed by atoms with Crippen molar-refractivity contribution in [3.63, 3.8) is 0 Å². The number of amides is 2. The summed E-state index contributed by atoms with van der Waals surface area (Å²) in [6.07, 6.45) is 2.06. The molecule has 166 valence electrons. The number of carbonyl (C=O) groups excluding carboxylic acids is 1. The molecular formula is C27H25N3O3. The molecule has 2 amide bonds. The largest absolute Gasteiger partial charge is 0.493 e. The second-order valence-corrected chi connectivity index (χ2v) is 7.87. The standard InChI is InChI=1S/C27H25N3O3/c1-32-24-15-14-21(17-25(24)33-2)28-27(31)30-18-20-11-6-7-12-22(20)29-16-8-13-23(29)26(30)19-9-4-3-5-10-19/h3-17,26H,18H2,1-2H3,(H,28,31)/t26-/m1/s1. The summed E-state index contributed by atoms with van der Waals surface area (Å²) in [5.74, 6) is 1.17. The van der Waals surface area contributed by atoms with Gasteiger partial charge in [0.15, 0.2) is 11.5 Å². The normalized spacial score (nSPS) is 14.6. The lowest BCUT2D eigenvalue weighted by Gasteiger charge is -2.31. The van der Waals surface area contributed by atoms with Gasteiger partial charge in [-0.3, -0.25) is 0 Å². The number of carbonyl (C=O) groups is 1. The maximum Gasteiger partial charge on any atom is 0.322 e. The zero-order valence-electron chi connectivity index (χ0n) is 18.6. The maximum absolute atomic E-state index is 13.7. The van der Waals surface area contributed by atoms with Crippen molar-refractivity contribution >= 4 is 11.7 Å². The second-order valence-electron chi connectivity index (χ2n) is 7.87. The van der Waals surface area contributed by atoms with Gasteiger partial charge in [0.25, 0.3) is 0 Å². The van der Waals surface area contributed by atoms with Crippen LogP contribution in [0.2, 0.25) is 0 Å². The van der Waals surface area contributed by atoms with Crippen LogP contribution in [-0.2, 0) is 6.54 Å². The molecule has 0 bridgehead atoms. The van der Waals surface area contributed by atoms with Crippen LogP contribution in [0.15, 0.2) is 91.1 Å². The molecule has 1 aromatic heterocycles. The van der Waals surface area contributed by atoms with E-state index in [0.29, 0.717) is 23.7 Å². The highest BCUT2D eigenvalue weighted by Crippen LogP contribution is 2.37. The Morgan fingerprint density at radius 3 is 2.42 bits per heavy atom. The van der Waals surface area contributed by atoms with Gasteiger partial charge in [-0.15, -0.1) is 0 Å². The summed E-state index contributed by atoms with van der Waals surface area (Å²) >= 11 is 0. The van der Waals surface area contributed by atoms with E-state index in [1.165, 1.54) is 0 Å². The van der Waals surface area contributed by atoms with E-state index in [-0.39, 0.29) is 12.1 Å². The van der Waals surface area contributed by atoms with E-state index >= 15 is 0 Å². The number of hydrogen-bond acceptors (Lipinski definition) is 3. The molecule has 1 atom stereocenters. The van der Waals surface area contributed by atoms with Crippen LogP contribution in [0.3, 0.4) is 0 Å². The van der Waals surface area contributed by atoms with Crippen molar-refractivity contribution in [2.75, 3.05) is 19.5 Å². The molecule has 1 aliphatic heterocycles. The molecular weight excluding hydrogens is 414 g/mol. The second kappa shape index (κ2) is 8.74. The van der Waals surface area contributed by atoms with E-state index in [4.69, 9.17) is 9.47 Å². The van der Waals surface area contributed by atoms with Crippen molar-refractivity contribution in [2.45, 2.75) is 12.6 Å². The highest BCUT2D eigenvalue weighted by atomic mass is 16.5. The van der Waals surface area contributed by atoms with Gasteiger partial charge in [-0.2, -0.15) is 0 Å². The Balaban J connectivity index is 1.58. The number of fused-ring (bicyclic) bond motifs is 3. The summed E-state index contributed by atoms with van der Waals surface area (Å²) in [5, 5.41) is 3.06. The predicted molar refractivity (Wildman–Crippen MR) is 128 cm³/mol. The third kappa shape index (κ3) is 3.80. The first-order valence-electron chi connectivity index (χ1n) is 10.8. The number of benzene rings is 3. The summed E-state index contributed by atoms with van der Waals surface area (Å²) in [7, 11) is 3.17. The lowest BCUT2D eigenvalue weighted by molar-refractivity contribution is 0.194. The zero-order valence-corrected chi connectivity index (χ0v) is 18.6. The van der Waals surface area contributed by atoms with Gasteiger partial charge in [0.2, 0.25) is 0 Å². The number of nitrogens with one attached hydrogen (secondary N) is 1. The van der Waals surface area contributed by atoms with Crippen LogP contribution >= 0.6 is 0 Å². The Kier molecular flexibility index (Phi) is 5.48. The van der Waals surface area contributed by atoms with E-state index in [9.17, 15) is 4.79 Å². The maximum atomic E-state index is 13.7. The van der Waals surface area contributed by atoms with Gasteiger partial charge in [0.05, 0.1) is 32.5 Å². The van der Waals surface area contributed by atoms with E-state index in [1.807, 2.05) is 47.4 Å². The van der Waals surface area contributed by atoms with Crippen molar-refractivity contribution in [3.8, 4) is 17.2 Å². The molecule has 0 unspecified atom stereocenters. The molecule has 0 radical (unpaired) electrons. The topological polar surface area (TPSA) is 55.7 Å². The Labute approximate surface area is 193 Å². The van der Waals surface area contributed by atoms with Crippen LogP contribution in [0.25, 0.3) is 5.69 Å². The van der Waals surface area contributed by atoms with Crippen LogP contribution in [-0.4, -0.2) is 29.7 Å². The molecule has 0 fully saturated rings. The van der Waals surface area contributed by atoms with Gasteiger partial charge in [-0.1, -0.05) is 48.5 Å². The average molecular weight is 440 g/mol. The van der Waals surface area contributed by atoms with Crippen molar-refractivity contribution in [1.29, 1.82) is 0 Å². The molecule has 6 heteroatoms. The first-order chi connectivity index (χ1) is 16.2. The van der Waals surface area contributed by atoms with E-state index in [1.54, 1.807) is 26.4 Å². The van der Waals surface area contributed by atoms with Crippen LogP contribution < -0.4 is 14.8 Å². The van der Waals surface area contributed by atoms with Crippen molar-refractivity contribution < 1.29 is 14.3 Å². The first-order valence-corrected chi connectivity index (χ1v) is 10.8. The van der Waals surface area contributed by atoms with Crippen molar-refractivity contribution in [3.05, 3.63) is 108 Å². The molecule has 33 heavy (non-hydrogen) atoms. The fourth-order valence-corrected chi connectivity index (χ4v) is 4.43. The Hall–Kier alpha value is -4.19. The van der Waals surface area contributed by atoms with E-state index < -0.39 is 0 Å². The highest BCUT2D eigenvalue weighted by molar-refractivity contribution is 5.90. The summed E-state index contributed by atoms with van der Waals surface area (Å²) in [6, 6.07) is 27.3. The number of ether oxygens (including phenoxy) is 2. The first kappa shape index (κ1) is 20.7. The smallest absolute Gasteiger partial charge is 0.322 e. The zero-order chi connectivity index (χ0) is 22.8. The number of nitrogens with zero attached hydrogens (tertiary/aromatic N) is 2. The number of rotatable bonds is 4. The van der Waals surface area contributed by atoms with Gasteiger partial charge in [0.1, 0.15) is 0 Å². The number of para-hydroxylation sites is 1. The van der Waals surface area contributed by atoms with E-state index in [0.717, 1.165) is 22.5 Å². The Bertz CT molecular complexity index is 1280. The number of anilines is 1. The van der Waals surface area contributed by atoms with Crippen LogP contribution in [0.4, 0.5) is 10.5 Å². The number of aromatic nitrogens is 1. The van der Waals surface area contributed by atoms with Gasteiger partial charge in [0, 0.05) is 23.6 Å². The fraction of sp³-hybridized carbons (Fsp3) is 0.148. The number of urea groups is 1. The Morgan fingerprint density at radius 2 is 1.64 bits per heavy atom. The summed E-state index contributed by atoms with van der Waals surface area (Å²) < 4.78 is 12.9. The molecule has 0 saturated heterocycles. The molecule has 0 spiro atoms. The molecule has 1 N–H and O–H groups in total. The Morgan fingerprint density at radius 1 is 0.879 bits per heavy atom. The molecule has 4 aromatic rings. The van der Waals surface area contributed by atoms with Crippen LogP contribution in [0, 0.1) is 0 Å².